The molecule has 5 nitrogen and oxygen atoms in total. The minimum atomic E-state index is -2.29. The molecule has 2 aliphatic heterocycles. The van der Waals surface area contributed by atoms with Crippen LogP contribution >= 0.6 is 0 Å². The first-order valence-electron chi connectivity index (χ1n) is 19.7. The van der Waals surface area contributed by atoms with Gasteiger partial charge in [-0.25, -0.2) is 4.79 Å². The summed E-state index contributed by atoms with van der Waals surface area (Å²) in [5.74, 6) is 2.37. The number of fused-ring (bicyclic) bond motifs is 1. The SMILES string of the molecule is CC(C)[Si](C1=CN(C(=O)O[C@@H]2CCCC[C@H]2C(C)(C)c2ccccc2)[C@H](C[C@@H]2C[C@@H](C)C[C@@H]3[C@@H]2CCCN3C)CC1=O)(C(C)C)C(C)C. The van der Waals surface area contributed by atoms with Crippen LogP contribution in [0.15, 0.2) is 41.7 Å². The number of carbonyl (C=O) groups is 2. The highest BCUT2D eigenvalue weighted by Gasteiger charge is 2.52. The summed E-state index contributed by atoms with van der Waals surface area (Å²) >= 11 is 0. The normalized spacial score (nSPS) is 30.9. The van der Waals surface area contributed by atoms with Crippen LogP contribution in [0.4, 0.5) is 4.79 Å². The van der Waals surface area contributed by atoms with Crippen LogP contribution in [0.2, 0.25) is 16.6 Å². The second-order valence-electron chi connectivity index (χ2n) is 18.0. The number of nitrogens with zero attached hydrogens (tertiary/aromatic N) is 2. The fourth-order valence-electron chi connectivity index (χ4n) is 11.7. The van der Waals surface area contributed by atoms with Crippen molar-refractivity contribution in [3.05, 3.63) is 47.3 Å². The van der Waals surface area contributed by atoms with Gasteiger partial charge in [-0.2, -0.15) is 0 Å². The molecule has 2 aliphatic carbocycles. The Bertz CT molecular complexity index is 1270. The standard InChI is InChI=1S/C42H68N2O3Si/c1-28(2)48(29(3)4,30(5)6)40-27-44(34(26-38(40)45)25-32-23-31(7)24-37-35(32)19-16-22-43(37)10)41(46)47-39-21-15-14-20-36(39)42(8,9)33-17-12-11-13-18-33/h11-13,17-18,27-32,34-37,39H,14-16,19-26H2,1-10H3/t31-,32+,34-,35-,36-,37-,39-/m1/s1. The fraction of sp³-hybridized carbons (Fsp3) is 0.762. The number of Topliss-reactive ketones (excluding diaryl/α,β-unsaturated/α-hetero) is 1. The third-order valence-electron chi connectivity index (χ3n) is 14.0. The minimum absolute atomic E-state index is 0.111. The summed E-state index contributed by atoms with van der Waals surface area (Å²) in [6.45, 7) is 22.1. The number of ether oxygens (including phenoxy) is 1. The van der Waals surface area contributed by atoms with E-state index in [1.54, 1.807) is 0 Å². The predicted octanol–water partition coefficient (Wildman–Crippen LogP) is 10.6. The second kappa shape index (κ2) is 15.1. The molecule has 7 atom stereocenters. The first-order chi connectivity index (χ1) is 22.7. The molecular weight excluding hydrogens is 609 g/mol. The summed E-state index contributed by atoms with van der Waals surface area (Å²) in [4.78, 5) is 33.8. The maximum atomic E-state index is 14.8. The summed E-state index contributed by atoms with van der Waals surface area (Å²) in [6, 6.07) is 11.3. The van der Waals surface area contributed by atoms with Crippen molar-refractivity contribution >= 4 is 20.0 Å². The van der Waals surface area contributed by atoms with Crippen molar-refractivity contribution in [1.29, 1.82) is 0 Å². The van der Waals surface area contributed by atoms with Gasteiger partial charge in [0.05, 0.1) is 0 Å². The Morgan fingerprint density at radius 2 is 1.58 bits per heavy atom. The molecule has 0 aromatic heterocycles. The van der Waals surface area contributed by atoms with E-state index in [0.29, 0.717) is 52.6 Å². The Kier molecular flexibility index (Phi) is 11.8. The van der Waals surface area contributed by atoms with Gasteiger partial charge in [-0.05, 0) is 116 Å². The number of allylic oxidation sites excluding steroid dienone is 1. The van der Waals surface area contributed by atoms with Crippen molar-refractivity contribution in [2.75, 3.05) is 13.6 Å². The van der Waals surface area contributed by atoms with Gasteiger partial charge in [0.2, 0.25) is 0 Å². The zero-order valence-corrected chi connectivity index (χ0v) is 33.1. The van der Waals surface area contributed by atoms with Crippen LogP contribution in [0.5, 0.6) is 0 Å². The third-order valence-corrected chi connectivity index (χ3v) is 21.0. The van der Waals surface area contributed by atoms with Crippen LogP contribution in [-0.2, 0) is 14.9 Å². The van der Waals surface area contributed by atoms with E-state index in [1.807, 2.05) is 4.90 Å². The molecular formula is C42H68N2O3Si. The molecule has 0 unspecified atom stereocenters. The number of amides is 1. The van der Waals surface area contributed by atoms with Crippen molar-refractivity contribution in [2.45, 2.75) is 167 Å². The topological polar surface area (TPSA) is 49.9 Å². The molecule has 3 fully saturated rings. The molecule has 0 radical (unpaired) electrons. The number of benzene rings is 1. The summed E-state index contributed by atoms with van der Waals surface area (Å²) in [5, 5.41) is 0.979. The molecule has 4 aliphatic rings. The Morgan fingerprint density at radius 1 is 0.938 bits per heavy atom. The van der Waals surface area contributed by atoms with E-state index in [1.165, 1.54) is 44.2 Å². The summed E-state index contributed by atoms with van der Waals surface area (Å²) < 4.78 is 6.73. The van der Waals surface area contributed by atoms with Crippen molar-refractivity contribution in [1.82, 2.24) is 9.80 Å². The van der Waals surface area contributed by atoms with E-state index in [-0.39, 0.29) is 29.6 Å². The van der Waals surface area contributed by atoms with E-state index in [2.05, 4.69) is 111 Å². The maximum absolute atomic E-state index is 14.8. The van der Waals surface area contributed by atoms with Gasteiger partial charge in [-0.15, -0.1) is 0 Å². The summed E-state index contributed by atoms with van der Waals surface area (Å²) in [7, 11) is 0.0139. The van der Waals surface area contributed by atoms with E-state index in [4.69, 9.17) is 4.74 Å². The van der Waals surface area contributed by atoms with Crippen LogP contribution < -0.4 is 0 Å². The highest BCUT2D eigenvalue weighted by molar-refractivity contribution is 6.93. The first-order valence-corrected chi connectivity index (χ1v) is 21.9. The number of ketones is 1. The maximum Gasteiger partial charge on any atom is 0.414 e. The number of hydrogen-bond acceptors (Lipinski definition) is 4. The van der Waals surface area contributed by atoms with Crippen LogP contribution in [0, 0.1) is 23.7 Å². The van der Waals surface area contributed by atoms with Crippen molar-refractivity contribution < 1.29 is 14.3 Å². The molecule has 0 spiro atoms. The highest BCUT2D eigenvalue weighted by Crippen LogP contribution is 2.50. The van der Waals surface area contributed by atoms with Crippen LogP contribution in [0.3, 0.4) is 0 Å². The van der Waals surface area contributed by atoms with E-state index in [9.17, 15) is 9.59 Å². The van der Waals surface area contributed by atoms with E-state index < -0.39 is 8.07 Å². The lowest BCUT2D eigenvalue weighted by Gasteiger charge is -2.51. The Morgan fingerprint density at radius 3 is 2.23 bits per heavy atom. The molecule has 1 aromatic carbocycles. The quantitative estimate of drug-likeness (QED) is 0.244. The van der Waals surface area contributed by atoms with Gasteiger partial charge < -0.3 is 9.64 Å². The molecule has 1 aromatic rings. The van der Waals surface area contributed by atoms with Crippen molar-refractivity contribution in [3.63, 3.8) is 0 Å². The predicted molar refractivity (Wildman–Crippen MR) is 202 cm³/mol. The third kappa shape index (κ3) is 7.13. The average Bonchev–Trinajstić information content (AvgIpc) is 3.03. The smallest absolute Gasteiger partial charge is 0.414 e. The molecule has 2 heterocycles. The molecule has 5 rings (SSSR count). The van der Waals surface area contributed by atoms with Gasteiger partial charge in [0.25, 0.3) is 0 Å². The summed E-state index contributed by atoms with van der Waals surface area (Å²) in [6.07, 6.45) is 12.2. The Labute approximate surface area is 294 Å². The first kappa shape index (κ1) is 37.3. The lowest BCUT2D eigenvalue weighted by Crippen LogP contribution is -2.55. The van der Waals surface area contributed by atoms with Crippen LogP contribution in [-0.4, -0.2) is 61.5 Å². The fourth-order valence-corrected chi connectivity index (χ4v) is 18.6. The minimum Gasteiger partial charge on any atom is -0.446 e. The number of rotatable bonds is 9. The number of hydrogen-bond donors (Lipinski definition) is 0. The van der Waals surface area contributed by atoms with Crippen LogP contribution in [0.1, 0.15) is 132 Å². The average molecular weight is 677 g/mol. The van der Waals surface area contributed by atoms with Gasteiger partial charge in [0.1, 0.15) is 14.2 Å². The number of carbonyl (C=O) groups excluding carboxylic acids is 2. The molecule has 6 heteroatoms. The van der Waals surface area contributed by atoms with Gasteiger partial charge in [0, 0.05) is 30.6 Å². The lowest BCUT2D eigenvalue weighted by atomic mass is 9.65. The van der Waals surface area contributed by atoms with Gasteiger partial charge in [-0.3, -0.25) is 9.69 Å². The van der Waals surface area contributed by atoms with Crippen LogP contribution in [0.25, 0.3) is 0 Å². The zero-order valence-electron chi connectivity index (χ0n) is 32.1. The molecule has 48 heavy (non-hydrogen) atoms. The highest BCUT2D eigenvalue weighted by atomic mass is 28.3. The lowest BCUT2D eigenvalue weighted by molar-refractivity contribution is -0.117. The molecule has 268 valence electrons. The Balaban J connectivity index is 1.51. The van der Waals surface area contributed by atoms with Gasteiger partial charge >= 0.3 is 6.09 Å². The van der Waals surface area contributed by atoms with Crippen molar-refractivity contribution in [3.8, 4) is 0 Å². The Hall–Kier alpha value is -1.92. The molecule has 0 bridgehead atoms. The molecule has 2 saturated carbocycles. The monoisotopic (exact) mass is 676 g/mol. The number of piperidine rings is 1. The molecule has 1 amide bonds. The van der Waals surface area contributed by atoms with E-state index in [0.717, 1.165) is 30.9 Å². The largest absolute Gasteiger partial charge is 0.446 e. The van der Waals surface area contributed by atoms with Gasteiger partial charge in [0.15, 0.2) is 5.78 Å². The summed E-state index contributed by atoms with van der Waals surface area (Å²) in [5.41, 5.74) is 2.39. The molecule has 1 saturated heterocycles. The zero-order chi connectivity index (χ0) is 35.0. The number of likely N-dealkylation sites (tertiary alicyclic amines) is 1. The van der Waals surface area contributed by atoms with Crippen molar-refractivity contribution in [2.24, 2.45) is 23.7 Å². The second-order valence-corrected chi connectivity index (χ2v) is 23.8. The van der Waals surface area contributed by atoms with E-state index >= 15 is 0 Å². The van der Waals surface area contributed by atoms with Gasteiger partial charge in [-0.1, -0.05) is 99.1 Å². The molecule has 0 N–H and O–H groups in total.